The first-order valence-electron chi connectivity index (χ1n) is 5.12. The molecule has 1 aromatic rings. The summed E-state index contributed by atoms with van der Waals surface area (Å²) in [6, 6.07) is 0.710. The van der Waals surface area contributed by atoms with Gasteiger partial charge in [-0.1, -0.05) is 0 Å². The Morgan fingerprint density at radius 3 is 2.44 bits per heavy atom. The van der Waals surface area contributed by atoms with Crippen molar-refractivity contribution in [2.45, 2.75) is 20.0 Å². The first kappa shape index (κ1) is 14.1. The fourth-order valence-corrected chi connectivity index (χ4v) is 1.47. The van der Waals surface area contributed by atoms with Crippen LogP contribution in [0.1, 0.15) is 29.8 Å². The lowest BCUT2D eigenvalue weighted by atomic mass is 10.1. The normalized spacial score (nSPS) is 11.2. The summed E-state index contributed by atoms with van der Waals surface area (Å²) in [5, 5.41) is 0. The quantitative estimate of drug-likeness (QED) is 0.818. The van der Waals surface area contributed by atoms with Gasteiger partial charge >= 0.3 is 6.18 Å². The van der Waals surface area contributed by atoms with Gasteiger partial charge in [0.2, 0.25) is 5.91 Å². The van der Waals surface area contributed by atoms with Crippen LogP contribution in [0.5, 0.6) is 0 Å². The van der Waals surface area contributed by atoms with E-state index >= 15 is 0 Å². The Kier molecular flexibility index (Phi) is 4.05. The Balaban J connectivity index is 3.25. The van der Waals surface area contributed by atoms with Crippen LogP contribution in [-0.2, 0) is 11.0 Å². The Labute approximate surface area is 101 Å². The molecule has 1 rings (SSSR count). The summed E-state index contributed by atoms with van der Waals surface area (Å²) in [7, 11) is 0. The van der Waals surface area contributed by atoms with Crippen molar-refractivity contribution in [1.29, 1.82) is 0 Å². The molecule has 0 radical (unpaired) electrons. The van der Waals surface area contributed by atoms with Crippen LogP contribution < -0.4 is 0 Å². The van der Waals surface area contributed by atoms with E-state index in [1.807, 2.05) is 0 Å². The van der Waals surface area contributed by atoms with Gasteiger partial charge in [-0.3, -0.25) is 19.5 Å². The van der Waals surface area contributed by atoms with E-state index in [2.05, 4.69) is 4.98 Å². The largest absolute Gasteiger partial charge is 0.417 e. The molecule has 1 aromatic heterocycles. The zero-order valence-corrected chi connectivity index (χ0v) is 9.78. The van der Waals surface area contributed by atoms with Crippen LogP contribution in [0, 0.1) is 0 Å². The SMILES string of the molecule is CCN(C(C)=O)C(=O)c1cnccc1C(F)(F)F. The molecule has 0 fully saturated rings. The van der Waals surface area contributed by atoms with Gasteiger partial charge in [-0.15, -0.1) is 0 Å². The molecule has 7 heteroatoms. The van der Waals surface area contributed by atoms with Gasteiger partial charge in [-0.2, -0.15) is 13.2 Å². The van der Waals surface area contributed by atoms with E-state index in [9.17, 15) is 22.8 Å². The molecule has 18 heavy (non-hydrogen) atoms. The third-order valence-corrected chi connectivity index (χ3v) is 2.30. The average Bonchev–Trinajstić information content (AvgIpc) is 2.28. The monoisotopic (exact) mass is 260 g/mol. The number of nitrogens with zero attached hydrogens (tertiary/aromatic N) is 2. The van der Waals surface area contributed by atoms with Gasteiger partial charge in [-0.25, -0.2) is 0 Å². The molecule has 4 nitrogen and oxygen atoms in total. The number of amides is 2. The van der Waals surface area contributed by atoms with E-state index in [4.69, 9.17) is 0 Å². The summed E-state index contributed by atoms with van der Waals surface area (Å²) in [5.74, 6) is -1.61. The summed E-state index contributed by atoms with van der Waals surface area (Å²) < 4.78 is 38.1. The smallest absolute Gasteiger partial charge is 0.279 e. The first-order valence-corrected chi connectivity index (χ1v) is 5.12. The number of aromatic nitrogens is 1. The number of alkyl halides is 3. The van der Waals surface area contributed by atoms with Crippen LogP contribution in [0.2, 0.25) is 0 Å². The fraction of sp³-hybridized carbons (Fsp3) is 0.364. The number of carbonyl (C=O) groups is 2. The molecule has 0 saturated carbocycles. The molecular formula is C11H11F3N2O2. The van der Waals surface area contributed by atoms with Gasteiger partial charge in [0.05, 0.1) is 11.1 Å². The molecule has 0 spiro atoms. The second-order valence-corrected chi connectivity index (χ2v) is 3.49. The highest BCUT2D eigenvalue weighted by Gasteiger charge is 2.36. The van der Waals surface area contributed by atoms with E-state index in [0.29, 0.717) is 6.07 Å². The predicted molar refractivity (Wildman–Crippen MR) is 56.6 cm³/mol. The molecule has 0 saturated heterocycles. The van der Waals surface area contributed by atoms with Gasteiger partial charge in [0.15, 0.2) is 0 Å². The maximum Gasteiger partial charge on any atom is 0.417 e. The Bertz CT molecular complexity index is 472. The van der Waals surface area contributed by atoms with Crippen LogP contribution in [0.25, 0.3) is 0 Å². The van der Waals surface area contributed by atoms with E-state index < -0.39 is 29.1 Å². The van der Waals surface area contributed by atoms with Gasteiger partial charge in [0, 0.05) is 25.9 Å². The second kappa shape index (κ2) is 5.16. The first-order chi connectivity index (χ1) is 8.29. The Morgan fingerprint density at radius 1 is 1.39 bits per heavy atom. The fourth-order valence-electron chi connectivity index (χ4n) is 1.47. The highest BCUT2D eigenvalue weighted by atomic mass is 19.4. The number of pyridine rings is 1. The predicted octanol–water partition coefficient (Wildman–Crippen LogP) is 2.11. The summed E-state index contributed by atoms with van der Waals surface area (Å²) in [4.78, 5) is 27.2. The number of imide groups is 1. The van der Waals surface area contributed by atoms with Crippen molar-refractivity contribution in [2.24, 2.45) is 0 Å². The zero-order chi connectivity index (χ0) is 13.9. The number of carbonyl (C=O) groups excluding carboxylic acids is 2. The molecule has 0 aliphatic rings. The van der Waals surface area contributed by atoms with Crippen molar-refractivity contribution in [1.82, 2.24) is 9.88 Å². The minimum atomic E-state index is -4.66. The molecule has 0 bridgehead atoms. The molecule has 0 aliphatic heterocycles. The van der Waals surface area contributed by atoms with Gasteiger partial charge in [-0.05, 0) is 13.0 Å². The summed E-state index contributed by atoms with van der Waals surface area (Å²) in [6.45, 7) is 2.62. The van der Waals surface area contributed by atoms with E-state index in [-0.39, 0.29) is 6.54 Å². The highest BCUT2D eigenvalue weighted by molar-refractivity contribution is 6.04. The lowest BCUT2D eigenvalue weighted by Gasteiger charge is -2.19. The minimum absolute atomic E-state index is 0.000355. The van der Waals surface area contributed by atoms with Crippen molar-refractivity contribution in [3.8, 4) is 0 Å². The van der Waals surface area contributed by atoms with Gasteiger partial charge < -0.3 is 0 Å². The van der Waals surface area contributed by atoms with Crippen molar-refractivity contribution in [2.75, 3.05) is 6.54 Å². The standard InChI is InChI=1S/C11H11F3N2O2/c1-3-16(7(2)17)10(18)8-6-15-5-4-9(8)11(12,13)14/h4-6H,3H2,1-2H3. The molecular weight excluding hydrogens is 249 g/mol. The topological polar surface area (TPSA) is 50.3 Å². The molecule has 0 unspecified atom stereocenters. The van der Waals surface area contributed by atoms with E-state index in [1.54, 1.807) is 0 Å². The van der Waals surface area contributed by atoms with Crippen LogP contribution in [0.3, 0.4) is 0 Å². The van der Waals surface area contributed by atoms with Crippen molar-refractivity contribution >= 4 is 11.8 Å². The van der Waals surface area contributed by atoms with E-state index in [0.717, 1.165) is 24.2 Å². The number of rotatable bonds is 2. The van der Waals surface area contributed by atoms with Crippen molar-refractivity contribution in [3.63, 3.8) is 0 Å². The lowest BCUT2D eigenvalue weighted by Crippen LogP contribution is -2.36. The second-order valence-electron chi connectivity index (χ2n) is 3.49. The van der Waals surface area contributed by atoms with Gasteiger partial charge in [0.1, 0.15) is 0 Å². The zero-order valence-electron chi connectivity index (χ0n) is 9.78. The Morgan fingerprint density at radius 2 is 2.00 bits per heavy atom. The third kappa shape index (κ3) is 2.85. The number of hydrogen-bond donors (Lipinski definition) is 0. The number of halogens is 3. The third-order valence-electron chi connectivity index (χ3n) is 2.30. The molecule has 0 aliphatic carbocycles. The van der Waals surface area contributed by atoms with E-state index in [1.165, 1.54) is 6.92 Å². The lowest BCUT2D eigenvalue weighted by molar-refractivity contribution is -0.138. The van der Waals surface area contributed by atoms with Crippen LogP contribution >= 0.6 is 0 Å². The molecule has 0 aromatic carbocycles. The van der Waals surface area contributed by atoms with Crippen LogP contribution in [0.4, 0.5) is 13.2 Å². The van der Waals surface area contributed by atoms with Crippen molar-refractivity contribution < 1.29 is 22.8 Å². The Hall–Kier alpha value is -1.92. The van der Waals surface area contributed by atoms with Crippen molar-refractivity contribution in [3.05, 3.63) is 29.6 Å². The number of hydrogen-bond acceptors (Lipinski definition) is 3. The summed E-state index contributed by atoms with van der Waals surface area (Å²) in [5.41, 5.74) is -1.72. The van der Waals surface area contributed by atoms with Gasteiger partial charge in [0.25, 0.3) is 5.91 Å². The maximum absolute atomic E-state index is 12.7. The average molecular weight is 260 g/mol. The summed E-state index contributed by atoms with van der Waals surface area (Å²) >= 11 is 0. The summed E-state index contributed by atoms with van der Waals surface area (Å²) in [6.07, 6.45) is -2.90. The molecule has 0 N–H and O–H groups in total. The molecule has 98 valence electrons. The minimum Gasteiger partial charge on any atom is -0.279 e. The molecule has 1 heterocycles. The highest BCUT2D eigenvalue weighted by Crippen LogP contribution is 2.31. The maximum atomic E-state index is 12.7. The molecule has 0 atom stereocenters. The van der Waals surface area contributed by atoms with Crippen LogP contribution in [0.15, 0.2) is 18.5 Å². The molecule has 2 amide bonds. The van der Waals surface area contributed by atoms with Crippen LogP contribution in [-0.4, -0.2) is 28.2 Å².